The monoisotopic (exact) mass is 325 g/mol. The predicted octanol–water partition coefficient (Wildman–Crippen LogP) is 3.29. The van der Waals surface area contributed by atoms with Crippen molar-refractivity contribution in [3.63, 3.8) is 0 Å². The summed E-state index contributed by atoms with van der Waals surface area (Å²) < 4.78 is 12.8. The van der Waals surface area contributed by atoms with Crippen LogP contribution in [0.15, 0.2) is 22.7 Å². The van der Waals surface area contributed by atoms with E-state index < -0.39 is 0 Å². The van der Waals surface area contributed by atoms with Gasteiger partial charge in [0, 0.05) is 17.6 Å². The molecule has 0 bridgehead atoms. The third-order valence-electron chi connectivity index (χ3n) is 3.90. The molecule has 1 aliphatic heterocycles. The Morgan fingerprint density at radius 3 is 2.89 bits per heavy atom. The van der Waals surface area contributed by atoms with Gasteiger partial charge in [-0.05, 0) is 42.5 Å². The van der Waals surface area contributed by atoms with Crippen molar-refractivity contribution in [2.45, 2.75) is 25.4 Å². The Morgan fingerprint density at radius 2 is 2.21 bits per heavy atom. The summed E-state index contributed by atoms with van der Waals surface area (Å²) in [5.74, 6) is 1.71. The van der Waals surface area contributed by atoms with Crippen LogP contribution >= 0.6 is 15.9 Å². The minimum atomic E-state index is 0.136. The van der Waals surface area contributed by atoms with E-state index in [0.717, 1.165) is 42.4 Å². The summed E-state index contributed by atoms with van der Waals surface area (Å²) in [5, 5.41) is 3.36. The van der Waals surface area contributed by atoms with E-state index in [2.05, 4.69) is 33.4 Å². The van der Waals surface area contributed by atoms with Crippen molar-refractivity contribution in [1.82, 2.24) is 5.32 Å². The fourth-order valence-corrected chi connectivity index (χ4v) is 3.00. The summed E-state index contributed by atoms with van der Waals surface area (Å²) >= 11 is 3.56. The fraction of sp³-hybridized carbons (Fsp3) is 0.600. The number of rotatable bonds is 4. The number of halogens is 1. The second-order valence-electron chi connectivity index (χ2n) is 5.39. The molecular formula is C15H20BrNO2. The maximum atomic E-state index is 5.92. The lowest BCUT2D eigenvalue weighted by molar-refractivity contribution is 0.0275. The molecular weight excluding hydrogens is 306 g/mol. The molecule has 1 atom stereocenters. The van der Waals surface area contributed by atoms with Gasteiger partial charge in [0.25, 0.3) is 0 Å². The molecule has 1 saturated heterocycles. The molecule has 3 rings (SSSR count). The summed E-state index contributed by atoms with van der Waals surface area (Å²) in [5.41, 5.74) is 1.19. The summed E-state index contributed by atoms with van der Waals surface area (Å²) in [6.45, 7) is 3.43. The molecule has 2 aliphatic rings. The van der Waals surface area contributed by atoms with Gasteiger partial charge in [-0.3, -0.25) is 0 Å². The molecule has 1 heterocycles. The Kier molecular flexibility index (Phi) is 4.41. The van der Waals surface area contributed by atoms with Crippen LogP contribution in [0, 0.1) is 5.92 Å². The van der Waals surface area contributed by atoms with Crippen LogP contribution in [-0.4, -0.2) is 26.3 Å². The third kappa shape index (κ3) is 3.50. The maximum absolute atomic E-state index is 5.92. The lowest BCUT2D eigenvalue weighted by Gasteiger charge is -2.26. The van der Waals surface area contributed by atoms with Gasteiger partial charge < -0.3 is 14.8 Å². The minimum Gasteiger partial charge on any atom is -0.493 e. The van der Waals surface area contributed by atoms with Crippen LogP contribution in [0.2, 0.25) is 0 Å². The van der Waals surface area contributed by atoms with Crippen LogP contribution < -0.4 is 10.1 Å². The average molecular weight is 326 g/mol. The van der Waals surface area contributed by atoms with E-state index in [1.165, 1.54) is 24.8 Å². The van der Waals surface area contributed by atoms with E-state index in [-0.39, 0.29) is 6.10 Å². The first-order chi connectivity index (χ1) is 9.31. The fourth-order valence-electron chi connectivity index (χ4n) is 2.51. The number of hydrogen-bond donors (Lipinski definition) is 1. The van der Waals surface area contributed by atoms with Gasteiger partial charge in [-0.1, -0.05) is 22.4 Å². The van der Waals surface area contributed by atoms with Crippen LogP contribution in [0.3, 0.4) is 0 Å². The molecule has 1 aromatic rings. The van der Waals surface area contributed by atoms with Crippen LogP contribution in [-0.2, 0) is 4.74 Å². The molecule has 1 N–H and O–H groups in total. The van der Waals surface area contributed by atoms with Gasteiger partial charge in [0.05, 0.1) is 19.3 Å². The molecule has 0 radical (unpaired) electrons. The molecule has 104 valence electrons. The zero-order valence-electron chi connectivity index (χ0n) is 11.0. The van der Waals surface area contributed by atoms with Gasteiger partial charge >= 0.3 is 0 Å². The van der Waals surface area contributed by atoms with Gasteiger partial charge in [-0.2, -0.15) is 0 Å². The summed E-state index contributed by atoms with van der Waals surface area (Å²) in [6, 6.07) is 6.27. The van der Waals surface area contributed by atoms with Crippen molar-refractivity contribution in [3.05, 3.63) is 28.2 Å². The Hall–Kier alpha value is -0.580. The smallest absolute Gasteiger partial charge is 0.120 e. The first-order valence-corrected chi connectivity index (χ1v) is 7.86. The number of hydrogen-bond acceptors (Lipinski definition) is 3. The predicted molar refractivity (Wildman–Crippen MR) is 78.5 cm³/mol. The molecule has 19 heavy (non-hydrogen) atoms. The SMILES string of the molecule is Brc1cc(OCC2CCC2)cc(C2CNCCO2)c1. The van der Waals surface area contributed by atoms with Crippen molar-refractivity contribution in [2.24, 2.45) is 5.92 Å². The van der Waals surface area contributed by atoms with Crippen LogP contribution in [0.1, 0.15) is 30.9 Å². The highest BCUT2D eigenvalue weighted by Gasteiger charge is 2.19. The van der Waals surface area contributed by atoms with Gasteiger partial charge in [0.15, 0.2) is 0 Å². The molecule has 0 aromatic heterocycles. The highest BCUT2D eigenvalue weighted by atomic mass is 79.9. The Morgan fingerprint density at radius 1 is 1.32 bits per heavy atom. The molecule has 4 heteroatoms. The van der Waals surface area contributed by atoms with E-state index >= 15 is 0 Å². The first kappa shape index (κ1) is 13.4. The van der Waals surface area contributed by atoms with Gasteiger partial charge in [-0.15, -0.1) is 0 Å². The van der Waals surface area contributed by atoms with Gasteiger partial charge in [0.2, 0.25) is 0 Å². The Balaban J connectivity index is 1.67. The standard InChI is InChI=1S/C15H20BrNO2/c16-13-6-12(15-9-17-4-5-18-15)7-14(8-13)19-10-11-2-1-3-11/h6-8,11,15,17H,1-5,9-10H2. The summed E-state index contributed by atoms with van der Waals surface area (Å²) in [6.07, 6.45) is 4.13. The Bertz CT molecular complexity index is 428. The molecule has 3 nitrogen and oxygen atoms in total. The van der Waals surface area contributed by atoms with Crippen molar-refractivity contribution in [1.29, 1.82) is 0 Å². The van der Waals surface area contributed by atoms with E-state index in [4.69, 9.17) is 9.47 Å². The van der Waals surface area contributed by atoms with Crippen molar-refractivity contribution in [2.75, 3.05) is 26.3 Å². The molecule has 0 amide bonds. The second kappa shape index (κ2) is 6.25. The quantitative estimate of drug-likeness (QED) is 0.921. The van der Waals surface area contributed by atoms with Crippen molar-refractivity contribution in [3.8, 4) is 5.75 Å². The van der Waals surface area contributed by atoms with Crippen molar-refractivity contribution >= 4 is 15.9 Å². The zero-order valence-corrected chi connectivity index (χ0v) is 12.6. The first-order valence-electron chi connectivity index (χ1n) is 7.07. The van der Waals surface area contributed by atoms with Gasteiger partial charge in [-0.25, -0.2) is 0 Å². The molecule has 1 unspecified atom stereocenters. The summed E-state index contributed by atoms with van der Waals surface area (Å²) in [7, 11) is 0. The Labute approximate surface area is 122 Å². The van der Waals surface area contributed by atoms with Crippen LogP contribution in [0.5, 0.6) is 5.75 Å². The molecule has 1 saturated carbocycles. The lowest BCUT2D eigenvalue weighted by atomic mass is 9.86. The van der Waals surface area contributed by atoms with Crippen molar-refractivity contribution < 1.29 is 9.47 Å². The van der Waals surface area contributed by atoms with E-state index in [1.54, 1.807) is 0 Å². The average Bonchev–Trinajstić information content (AvgIpc) is 2.37. The highest BCUT2D eigenvalue weighted by Crippen LogP contribution is 2.30. The minimum absolute atomic E-state index is 0.136. The second-order valence-corrected chi connectivity index (χ2v) is 6.31. The number of ether oxygens (including phenoxy) is 2. The molecule has 0 spiro atoms. The van der Waals surface area contributed by atoms with Crippen LogP contribution in [0.25, 0.3) is 0 Å². The molecule has 2 fully saturated rings. The lowest BCUT2D eigenvalue weighted by Crippen LogP contribution is -2.33. The van der Waals surface area contributed by atoms with Crippen LogP contribution in [0.4, 0.5) is 0 Å². The number of benzene rings is 1. The molecule has 1 aliphatic carbocycles. The molecule has 1 aromatic carbocycles. The maximum Gasteiger partial charge on any atom is 0.120 e. The highest BCUT2D eigenvalue weighted by molar-refractivity contribution is 9.10. The van der Waals surface area contributed by atoms with Gasteiger partial charge in [0.1, 0.15) is 5.75 Å². The van der Waals surface area contributed by atoms with E-state index in [1.807, 2.05) is 6.07 Å². The number of nitrogens with one attached hydrogen (secondary N) is 1. The topological polar surface area (TPSA) is 30.5 Å². The largest absolute Gasteiger partial charge is 0.493 e. The third-order valence-corrected chi connectivity index (χ3v) is 4.36. The van der Waals surface area contributed by atoms with E-state index in [0.29, 0.717) is 0 Å². The number of morpholine rings is 1. The zero-order chi connectivity index (χ0) is 13.1. The summed E-state index contributed by atoms with van der Waals surface area (Å²) in [4.78, 5) is 0. The van der Waals surface area contributed by atoms with E-state index in [9.17, 15) is 0 Å². The normalized spacial score (nSPS) is 23.9.